The van der Waals surface area contributed by atoms with Gasteiger partial charge in [0.2, 0.25) is 17.7 Å². The maximum atomic E-state index is 13.2. The second-order valence-electron chi connectivity index (χ2n) is 34.9. The fourth-order valence-electron chi connectivity index (χ4n) is 16.4. The predicted molar refractivity (Wildman–Crippen MR) is 558 cm³/mol. The van der Waals surface area contributed by atoms with Gasteiger partial charge in [0, 0.05) is 102 Å². The fraction of sp³-hybridized carbons (Fsp3) is 0.430. The van der Waals surface area contributed by atoms with Crippen molar-refractivity contribution in [3.63, 3.8) is 0 Å². The van der Waals surface area contributed by atoms with Crippen LogP contribution in [0.5, 0.6) is 5.88 Å². The lowest BCUT2D eigenvalue weighted by molar-refractivity contribution is -0.143. The van der Waals surface area contributed by atoms with Gasteiger partial charge in [-0.3, -0.25) is 28.9 Å². The number of aliphatic hydroxyl groups is 1. The zero-order chi connectivity index (χ0) is 102. The largest absolute Gasteiger partial charge is 0.496 e. The van der Waals surface area contributed by atoms with Gasteiger partial charge in [0.15, 0.2) is 14.7 Å². The quantitative estimate of drug-likeness (QED) is 0.0347. The highest BCUT2D eigenvalue weighted by molar-refractivity contribution is 8.04. The van der Waals surface area contributed by atoms with Gasteiger partial charge in [0.1, 0.15) is 64.9 Å². The Balaban J connectivity index is 0.000000202. The first kappa shape index (κ1) is 115. The molecule has 4 aliphatic rings. The first-order valence-corrected chi connectivity index (χ1v) is 52.8. The van der Waals surface area contributed by atoms with Gasteiger partial charge in [-0.05, 0) is 177 Å². The second-order valence-corrected chi connectivity index (χ2v) is 40.6. The molecule has 4 N–H and O–H groups in total. The molecule has 758 valence electrons. The van der Waals surface area contributed by atoms with Crippen LogP contribution in [0.3, 0.4) is 0 Å². The standard InChI is InChI=1S/C20H23NO3.C18H35NO.C17H12ClFN2O.C15H17ClN4.C13H24N4O3S.C12H13NO4S.C12H13NO2S/c1-14-9-8-10-15(2)19(14)21(16(3)20(23)24-4)18(22)13-17-11-6-5-7-12-17;1-16-14-19(15-17(2)20-16)18-12-10-8-6-4-3-5-7-9-11-13-18;18-16-4-2-1-3-15(16)17(22,13-9-20-11-21-10-13)12-5-7-14(19)8-6-12;1-2-3-8-15(9-17,10-20-12-18-11-19-20)13-4-6-14(16)7-5-13;1-6-8-9-11-10(3)15-13(14-7-2)16-12(11)20-21(18,19)17(4)5;1-9-11(18(15,16)8-7-17-9)12(14)13-10-5-3-2-4-6-10;1-9-11(16-8-7-15-9)12(14)13-10-5-3-2-4-6-10/h5-12,16H,13H2,1-4H3;16-18H,3-15H2,1-2H3;1-11,22H;4-7,11-12H,2-3,8,10H2,1H3;6-9H2,1-5H3,(H,14,15,16);2-6H,7-8H2,1H3,(H,13,14);2-6H,7-8H2,1H3,(H,13,14). The first-order chi connectivity index (χ1) is 67.6. The number of nitrogens with one attached hydrogen (secondary N) is 3. The van der Waals surface area contributed by atoms with E-state index >= 15 is 0 Å². The van der Waals surface area contributed by atoms with E-state index in [1.54, 1.807) is 89.2 Å². The molecule has 34 heteroatoms. The highest BCUT2D eigenvalue weighted by atomic mass is 35.5. The topological polar surface area (TPSA) is 355 Å². The summed E-state index contributed by atoms with van der Waals surface area (Å²) in [4.78, 5) is 74.1. The van der Waals surface area contributed by atoms with E-state index in [0.717, 1.165) is 106 Å². The Morgan fingerprint density at radius 1 is 0.681 bits per heavy atom. The molecule has 2 fully saturated rings. The number of unbranched alkanes of at least 4 members (excludes halogenated alkanes) is 2. The predicted octanol–water partition coefficient (Wildman–Crippen LogP) is 21.0. The number of hydrogen-bond acceptors (Lipinski definition) is 24. The Morgan fingerprint density at radius 3 is 1.77 bits per heavy atom. The second kappa shape index (κ2) is 58.8. The molecule has 5 atom stereocenters. The highest BCUT2D eigenvalue weighted by Crippen LogP contribution is 2.41. The number of carbonyl (C=O) groups is 4. The highest BCUT2D eigenvalue weighted by Gasteiger charge is 2.39. The lowest BCUT2D eigenvalue weighted by Crippen LogP contribution is -2.50. The van der Waals surface area contributed by atoms with Crippen molar-refractivity contribution in [3.05, 3.63) is 301 Å². The summed E-state index contributed by atoms with van der Waals surface area (Å²) >= 11 is 13.7. The summed E-state index contributed by atoms with van der Waals surface area (Å²) in [5.41, 5.74) is 6.66. The fourth-order valence-corrected chi connectivity index (χ4v) is 19.5. The average molecular weight is 2030 g/mol. The average Bonchev–Trinajstić information content (AvgIpc) is 0.949. The number of rotatable bonds is 27. The number of morpholine rings is 1. The van der Waals surface area contributed by atoms with Crippen LogP contribution in [0.25, 0.3) is 0 Å². The molecule has 1 saturated carbocycles. The summed E-state index contributed by atoms with van der Waals surface area (Å²) in [7, 11) is -3.21. The number of amides is 3. The number of aromatic nitrogens is 7. The maximum Gasteiger partial charge on any atom is 0.386 e. The molecule has 7 aromatic carbocycles. The summed E-state index contributed by atoms with van der Waals surface area (Å²) in [5.74, 6) is 0.327. The number of nitriles is 1. The van der Waals surface area contributed by atoms with Crippen molar-refractivity contribution >= 4 is 102 Å². The number of sulfone groups is 1. The molecular formula is C107H137Cl2FN14O14S3. The number of benzene rings is 7. The van der Waals surface area contributed by atoms with Crippen LogP contribution >= 0.6 is 35.0 Å². The number of anilines is 4. The van der Waals surface area contributed by atoms with Gasteiger partial charge in [0.05, 0.1) is 56.4 Å². The molecule has 0 spiro atoms. The zero-order valence-corrected chi connectivity index (χ0v) is 87.4. The van der Waals surface area contributed by atoms with Crippen molar-refractivity contribution in [3.8, 4) is 11.9 Å². The van der Waals surface area contributed by atoms with E-state index in [9.17, 15) is 50.8 Å². The first-order valence-electron chi connectivity index (χ1n) is 48.0. The molecule has 0 bridgehead atoms. The molecule has 10 aromatic rings. The summed E-state index contributed by atoms with van der Waals surface area (Å²) < 4.78 is 89.9. The minimum Gasteiger partial charge on any atom is -0.496 e. The van der Waals surface area contributed by atoms with E-state index < -0.39 is 49.1 Å². The Labute approximate surface area is 846 Å². The smallest absolute Gasteiger partial charge is 0.386 e. The normalized spacial score (nSPS) is 16.6. The van der Waals surface area contributed by atoms with Crippen LogP contribution < -0.4 is 25.0 Å². The molecule has 5 unspecified atom stereocenters. The number of thioether (sulfide) groups is 1. The van der Waals surface area contributed by atoms with E-state index in [2.05, 4.69) is 84.6 Å². The van der Waals surface area contributed by atoms with Gasteiger partial charge >= 0.3 is 16.3 Å². The van der Waals surface area contributed by atoms with E-state index in [1.165, 1.54) is 148 Å². The molecule has 141 heavy (non-hydrogen) atoms. The molecule has 0 radical (unpaired) electrons. The number of hydrogen-bond donors (Lipinski definition) is 4. The number of ether oxygens (including phenoxy) is 4. The Morgan fingerprint density at radius 2 is 1.23 bits per heavy atom. The van der Waals surface area contributed by atoms with Gasteiger partial charge in [-0.1, -0.05) is 241 Å². The maximum absolute atomic E-state index is 13.2. The Bertz CT molecular complexity index is 5870. The third-order valence-corrected chi connectivity index (χ3v) is 28.5. The number of carbonyl (C=O) groups excluding carboxylic acids is 4. The van der Waals surface area contributed by atoms with Gasteiger partial charge < -0.3 is 44.2 Å². The molecule has 28 nitrogen and oxygen atoms in total. The molecular weight excluding hydrogens is 1890 g/mol. The number of para-hydroxylation sites is 3. The van der Waals surface area contributed by atoms with Crippen LogP contribution in [0.15, 0.2) is 235 Å². The Kier molecular flexibility index (Phi) is 47.8. The van der Waals surface area contributed by atoms with Gasteiger partial charge in [-0.2, -0.15) is 28.1 Å². The van der Waals surface area contributed by atoms with E-state index in [4.69, 9.17) is 46.3 Å². The van der Waals surface area contributed by atoms with Crippen LogP contribution in [-0.2, 0) is 88.7 Å². The minimum absolute atomic E-state index is 0.0894. The zero-order valence-electron chi connectivity index (χ0n) is 83.4. The van der Waals surface area contributed by atoms with Crippen molar-refractivity contribution in [1.82, 2.24) is 43.9 Å². The lowest BCUT2D eigenvalue weighted by Gasteiger charge is -2.40. The van der Waals surface area contributed by atoms with Crippen LogP contribution in [0.2, 0.25) is 10.0 Å². The van der Waals surface area contributed by atoms with Gasteiger partial charge in [0.25, 0.3) is 11.8 Å². The van der Waals surface area contributed by atoms with E-state index in [0.29, 0.717) is 87.4 Å². The summed E-state index contributed by atoms with van der Waals surface area (Å²) in [6.07, 6.45) is 30.0. The number of nitrogens with zero attached hydrogens (tertiary/aromatic N) is 11. The number of methoxy groups -OCH3 is 1. The number of aryl methyl sites for hydroxylation is 3. The van der Waals surface area contributed by atoms with Crippen molar-refractivity contribution in [1.29, 1.82) is 5.26 Å². The third-order valence-electron chi connectivity index (χ3n) is 23.8. The van der Waals surface area contributed by atoms with Gasteiger partial charge in [-0.25, -0.2) is 37.5 Å². The van der Waals surface area contributed by atoms with E-state index in [1.807, 2.05) is 138 Å². The molecule has 6 heterocycles. The lowest BCUT2D eigenvalue weighted by atomic mass is 9.77. The molecule has 3 aromatic heterocycles. The van der Waals surface area contributed by atoms with E-state index in [-0.39, 0.29) is 53.0 Å². The molecule has 3 aliphatic heterocycles. The monoisotopic (exact) mass is 2030 g/mol. The van der Waals surface area contributed by atoms with Gasteiger partial charge in [-0.15, -0.1) is 11.8 Å². The van der Waals surface area contributed by atoms with Crippen LogP contribution in [-0.4, -0.2) is 179 Å². The molecule has 14 rings (SSSR count). The Hall–Kier alpha value is -11.5. The van der Waals surface area contributed by atoms with Crippen molar-refractivity contribution < 1.29 is 68.6 Å². The van der Waals surface area contributed by atoms with Crippen molar-refractivity contribution in [2.24, 2.45) is 0 Å². The van der Waals surface area contributed by atoms with Crippen molar-refractivity contribution in [2.75, 3.05) is 86.4 Å². The third kappa shape index (κ3) is 35.8. The summed E-state index contributed by atoms with van der Waals surface area (Å²) in [6, 6.07) is 56.2. The summed E-state index contributed by atoms with van der Waals surface area (Å²) in [6.45, 7) is 25.5. The molecule has 1 saturated heterocycles. The summed E-state index contributed by atoms with van der Waals surface area (Å²) in [5, 5.41) is 34.8. The molecule has 3 amide bonds. The van der Waals surface area contributed by atoms with Crippen LogP contribution in [0.4, 0.5) is 27.4 Å². The molecule has 1 aliphatic carbocycles. The number of allylic oxidation sites excluding steroid dienone is 2. The number of halogens is 3. The number of esters is 1. The SMILES string of the molecule is CC1=C(C(=O)Nc2ccccc2)S(=O)(=O)CCO1.CC1=C(C(=O)Nc2ccccc2)SCCO1.CC1CN(C2CCCCCCCCCCC2)CC(C)O1.CCCCC(C#N)(Cn1cncn1)c1ccc(Cl)cc1.CCCCc1c(C)nc(NCC)nc1OS(=O)(=O)N(C)C.COC(=O)C(C)N(C(=O)Cc1ccccc1)c1c(C)cccc1C.OC(c1ccc(F)cc1)(c1cncnc1)c1ccccc1Cl. The van der Waals surface area contributed by atoms with Crippen molar-refractivity contribution in [2.45, 2.75) is 234 Å². The minimum atomic E-state index is -3.83. The van der Waals surface area contributed by atoms with Crippen LogP contribution in [0.1, 0.15) is 208 Å². The van der Waals surface area contributed by atoms with Crippen LogP contribution in [0, 0.1) is 37.9 Å².